The number of thiazole rings is 1. The monoisotopic (exact) mass is 949 g/mol. The smallest absolute Gasteiger partial charge is 0.324 e. The number of methoxy groups -OCH3 is 1. The molecule has 0 radical (unpaired) electrons. The standard InChI is InChI=1S/C51H67N9O7S/c1-10-43(61)57-21-18-33-25-58(27-34(33)26-57)50(65)56(8)45(30(3)4)47(62)54-39-23-42-53-40(28-68-42)32-16-17-41-36(22-32)37(46(59(41)11-2)35-14-12-19-52-44(35)31(5)66-9)24-51(6,7)29-67-49(64)38-15-13-20-60(55-38)48(39)63/h10,12,14,16-17,19,22,28,30-31,33-34,38-39,45,55H,1,11,13,15,18,20-21,23-27,29H2,2-9H3,(H,54,62)/t31-,33+,34-,38-,39-,45-/m0/s1. The molecule has 3 aromatic heterocycles. The van der Waals surface area contributed by atoms with Gasteiger partial charge >= 0.3 is 12.0 Å². The summed E-state index contributed by atoms with van der Waals surface area (Å²) in [4.78, 5) is 84.8. The van der Waals surface area contributed by atoms with Gasteiger partial charge < -0.3 is 34.1 Å². The van der Waals surface area contributed by atoms with Crippen molar-refractivity contribution in [2.75, 3.05) is 53.5 Å². The summed E-state index contributed by atoms with van der Waals surface area (Å²) in [6, 6.07) is 7.39. The van der Waals surface area contributed by atoms with E-state index in [1.165, 1.54) is 27.3 Å². The number of nitrogens with one attached hydrogen (secondary N) is 2. The first kappa shape index (κ1) is 48.8. The maximum Gasteiger partial charge on any atom is 0.324 e. The van der Waals surface area contributed by atoms with E-state index in [0.717, 1.165) is 51.1 Å². The number of hydrogen-bond donors (Lipinski definition) is 2. The van der Waals surface area contributed by atoms with Crippen LogP contribution in [0.15, 0.2) is 54.6 Å². The summed E-state index contributed by atoms with van der Waals surface area (Å²) in [5, 5.41) is 8.17. The number of aromatic nitrogens is 3. The zero-order valence-electron chi connectivity index (χ0n) is 40.7. The molecule has 68 heavy (non-hydrogen) atoms. The van der Waals surface area contributed by atoms with Crippen molar-refractivity contribution in [1.29, 1.82) is 0 Å². The fraction of sp³-hybridized carbons (Fsp3) is 0.549. The van der Waals surface area contributed by atoms with Crippen LogP contribution >= 0.6 is 11.3 Å². The van der Waals surface area contributed by atoms with Crippen molar-refractivity contribution in [2.45, 2.75) is 104 Å². The van der Waals surface area contributed by atoms with E-state index in [1.807, 2.05) is 32.2 Å². The number of rotatable bonds is 9. The van der Waals surface area contributed by atoms with Gasteiger partial charge in [-0.2, -0.15) is 0 Å². The van der Waals surface area contributed by atoms with E-state index >= 15 is 0 Å². The second-order valence-corrected chi connectivity index (χ2v) is 21.0. The molecule has 3 saturated heterocycles. The Labute approximate surface area is 403 Å². The molecule has 4 aromatic rings. The Morgan fingerprint density at radius 3 is 2.59 bits per heavy atom. The van der Waals surface area contributed by atoms with Crippen LogP contribution in [-0.2, 0) is 48.0 Å². The van der Waals surface area contributed by atoms with E-state index in [2.05, 4.69) is 66.9 Å². The average Bonchev–Trinajstić information content (AvgIpc) is 4.07. The second kappa shape index (κ2) is 20.1. The van der Waals surface area contributed by atoms with Crippen LogP contribution in [0.25, 0.3) is 33.4 Å². The van der Waals surface area contributed by atoms with Crippen LogP contribution in [0.4, 0.5) is 4.79 Å². The number of benzene rings is 1. The first-order valence-electron chi connectivity index (χ1n) is 24.1. The number of nitrogens with zero attached hydrogens (tertiary/aromatic N) is 7. The van der Waals surface area contributed by atoms with Gasteiger partial charge in [-0.15, -0.1) is 11.3 Å². The molecule has 0 saturated carbocycles. The predicted molar refractivity (Wildman–Crippen MR) is 261 cm³/mol. The molecule has 6 atom stereocenters. The van der Waals surface area contributed by atoms with Crippen molar-refractivity contribution in [3.63, 3.8) is 0 Å². The Bertz CT molecular complexity index is 2570. The number of ether oxygens (including phenoxy) is 2. The Hall–Kier alpha value is -5.65. The van der Waals surface area contributed by atoms with Crippen molar-refractivity contribution in [3.05, 3.63) is 70.8 Å². The number of likely N-dealkylation sites (N-methyl/N-ethyl adjacent to an activating group) is 1. The molecule has 0 aliphatic carbocycles. The number of pyridine rings is 1. The molecule has 17 heteroatoms. The number of hydrazine groups is 1. The minimum atomic E-state index is -1.08. The number of hydrogen-bond acceptors (Lipinski definition) is 11. The molecular weight excluding hydrogens is 883 g/mol. The number of urea groups is 1. The molecule has 16 nitrogen and oxygen atoms in total. The van der Waals surface area contributed by atoms with Crippen molar-refractivity contribution < 1.29 is 33.4 Å². The van der Waals surface area contributed by atoms with Gasteiger partial charge in [-0.1, -0.05) is 40.3 Å². The number of aryl methyl sites for hydroxylation is 1. The van der Waals surface area contributed by atoms with E-state index in [4.69, 9.17) is 19.4 Å². The molecule has 0 spiro atoms. The zero-order chi connectivity index (χ0) is 48.6. The van der Waals surface area contributed by atoms with Crippen molar-refractivity contribution >= 4 is 52.0 Å². The fourth-order valence-electron chi connectivity index (χ4n) is 10.7. The number of carbonyl (C=O) groups is 5. The average molecular weight is 950 g/mol. The topological polar surface area (TPSA) is 172 Å². The molecule has 3 fully saturated rings. The van der Waals surface area contributed by atoms with E-state index in [0.29, 0.717) is 63.5 Å². The summed E-state index contributed by atoms with van der Waals surface area (Å²) >= 11 is 1.42. The molecule has 6 bridgehead atoms. The Morgan fingerprint density at radius 1 is 1.09 bits per heavy atom. The lowest BCUT2D eigenvalue weighted by atomic mass is 9.84. The molecule has 2 N–H and O–H groups in total. The Balaban J connectivity index is 1.12. The van der Waals surface area contributed by atoms with Gasteiger partial charge in [0.15, 0.2) is 0 Å². The number of esters is 1. The maximum atomic E-state index is 14.7. The molecular formula is C51H67N9O7S. The summed E-state index contributed by atoms with van der Waals surface area (Å²) < 4.78 is 14.3. The van der Waals surface area contributed by atoms with Crippen LogP contribution in [0, 0.1) is 23.2 Å². The van der Waals surface area contributed by atoms with Gasteiger partial charge in [0.2, 0.25) is 11.8 Å². The minimum Gasteiger partial charge on any atom is -0.464 e. The number of likely N-dealkylation sites (tertiary alicyclic amines) is 2. The second-order valence-electron chi connectivity index (χ2n) is 20.1. The Kier molecular flexibility index (Phi) is 14.4. The third-order valence-electron chi connectivity index (χ3n) is 14.3. The highest BCUT2D eigenvalue weighted by molar-refractivity contribution is 7.10. The highest BCUT2D eigenvalue weighted by atomic mass is 32.1. The van der Waals surface area contributed by atoms with Crippen molar-refractivity contribution in [1.82, 2.24) is 45.0 Å². The van der Waals surface area contributed by atoms with Gasteiger partial charge in [0.1, 0.15) is 18.1 Å². The van der Waals surface area contributed by atoms with Crippen LogP contribution in [0.5, 0.6) is 0 Å². The number of carbonyl (C=O) groups excluding carboxylic acids is 5. The van der Waals surface area contributed by atoms with Gasteiger partial charge in [0.25, 0.3) is 5.91 Å². The lowest BCUT2D eigenvalue weighted by molar-refractivity contribution is -0.155. The SMILES string of the molecule is C=CC(=O)N1CC[C@@H]2CN(C(=O)N(C)[C@H](C(=O)N[C@H]3Cc4nc(cs4)-c4ccc5c(c4)c(c(-c4cccnc4[C@H](C)OC)n5CC)CC(C)(C)COC(=O)[C@@H]4CCCN(N4)C3=O)C(C)C)C[C@@H]2C1. The normalized spacial score (nSPS) is 22.9. The lowest BCUT2D eigenvalue weighted by Crippen LogP contribution is -2.62. The summed E-state index contributed by atoms with van der Waals surface area (Å²) in [7, 11) is 3.33. The van der Waals surface area contributed by atoms with E-state index < -0.39 is 41.3 Å². The number of amides is 5. The van der Waals surface area contributed by atoms with E-state index in [-0.39, 0.29) is 48.8 Å². The number of piperidine rings is 1. The van der Waals surface area contributed by atoms with Crippen LogP contribution < -0.4 is 10.7 Å². The number of cyclic esters (lactones) is 1. The van der Waals surface area contributed by atoms with E-state index in [9.17, 15) is 24.0 Å². The van der Waals surface area contributed by atoms with Crippen molar-refractivity contribution in [2.24, 2.45) is 23.2 Å². The molecule has 5 amide bonds. The lowest BCUT2D eigenvalue weighted by Gasteiger charge is -2.37. The third kappa shape index (κ3) is 9.79. The molecule has 4 aliphatic heterocycles. The van der Waals surface area contributed by atoms with E-state index in [1.54, 1.807) is 30.2 Å². The zero-order valence-corrected chi connectivity index (χ0v) is 41.6. The molecule has 364 valence electrons. The third-order valence-corrected chi connectivity index (χ3v) is 15.2. The van der Waals surface area contributed by atoms with Crippen LogP contribution in [0.2, 0.25) is 0 Å². The van der Waals surface area contributed by atoms with Gasteiger partial charge in [-0.05, 0) is 93.2 Å². The summed E-state index contributed by atoms with van der Waals surface area (Å²) in [6.45, 7) is 19.1. The quantitative estimate of drug-likeness (QED) is 0.145. The first-order chi connectivity index (χ1) is 32.5. The fourth-order valence-corrected chi connectivity index (χ4v) is 11.6. The molecule has 8 rings (SSSR count). The maximum absolute atomic E-state index is 14.7. The summed E-state index contributed by atoms with van der Waals surface area (Å²) in [6.07, 6.45) is 5.33. The summed E-state index contributed by atoms with van der Waals surface area (Å²) in [5.74, 6) is -1.34. The van der Waals surface area contributed by atoms with Crippen LogP contribution in [-0.4, -0.2) is 136 Å². The molecule has 1 aromatic carbocycles. The first-order valence-corrected chi connectivity index (χ1v) is 25.0. The minimum absolute atomic E-state index is 0.0833. The van der Waals surface area contributed by atoms with Crippen molar-refractivity contribution in [3.8, 4) is 22.5 Å². The largest absolute Gasteiger partial charge is 0.464 e. The number of fused-ring (bicyclic) bond motifs is 7. The van der Waals surface area contributed by atoms with Gasteiger partial charge in [0, 0.05) is 98.9 Å². The highest BCUT2D eigenvalue weighted by Gasteiger charge is 2.43. The van der Waals surface area contributed by atoms with Gasteiger partial charge in [-0.3, -0.25) is 29.2 Å². The molecule has 0 unspecified atom stereocenters. The molecule has 4 aliphatic rings. The predicted octanol–water partition coefficient (Wildman–Crippen LogP) is 6.25. The van der Waals surface area contributed by atoms with Crippen LogP contribution in [0.3, 0.4) is 0 Å². The molecule has 7 heterocycles. The Morgan fingerprint density at radius 2 is 1.85 bits per heavy atom. The van der Waals surface area contributed by atoms with Gasteiger partial charge in [-0.25, -0.2) is 15.2 Å². The highest BCUT2D eigenvalue weighted by Crippen LogP contribution is 2.42. The van der Waals surface area contributed by atoms with Gasteiger partial charge in [0.05, 0.1) is 34.8 Å². The summed E-state index contributed by atoms with van der Waals surface area (Å²) in [5.41, 5.74) is 9.30. The van der Waals surface area contributed by atoms with Crippen LogP contribution in [0.1, 0.15) is 83.2 Å².